The maximum atomic E-state index is 13.4. The Bertz CT molecular complexity index is 560. The van der Waals surface area contributed by atoms with Crippen molar-refractivity contribution in [3.63, 3.8) is 0 Å². The number of rotatable bonds is 3. The first kappa shape index (κ1) is 11.9. The summed E-state index contributed by atoms with van der Waals surface area (Å²) in [6.45, 7) is 1.98. The molecular weight excluding hydrogens is 242 g/mol. The average molecular weight is 252 g/mol. The zero-order valence-electron chi connectivity index (χ0n) is 9.17. The van der Waals surface area contributed by atoms with Gasteiger partial charge in [-0.15, -0.1) is 11.3 Å². The van der Waals surface area contributed by atoms with Crippen LogP contribution in [0.25, 0.3) is 0 Å². The van der Waals surface area contributed by atoms with Crippen molar-refractivity contribution in [2.75, 3.05) is 0 Å². The van der Waals surface area contributed by atoms with Gasteiger partial charge in [-0.2, -0.15) is 0 Å². The van der Waals surface area contributed by atoms with E-state index >= 15 is 0 Å². The number of hydrogen-bond acceptors (Lipinski definition) is 2. The second-order valence-corrected chi connectivity index (χ2v) is 4.74. The summed E-state index contributed by atoms with van der Waals surface area (Å²) >= 11 is 1.31. The van der Waals surface area contributed by atoms with Crippen LogP contribution in [0.2, 0.25) is 0 Å². The summed E-state index contributed by atoms with van der Waals surface area (Å²) in [4.78, 5) is 13.4. The molecule has 1 nitrogen and oxygen atoms in total. The van der Waals surface area contributed by atoms with Crippen molar-refractivity contribution < 1.29 is 13.6 Å². The maximum absolute atomic E-state index is 13.4. The molecule has 0 spiro atoms. The van der Waals surface area contributed by atoms with Gasteiger partial charge in [0.25, 0.3) is 0 Å². The van der Waals surface area contributed by atoms with E-state index in [1.807, 2.05) is 13.0 Å². The number of carbonyl (C=O) groups is 1. The Hall–Kier alpha value is -1.55. The molecule has 2 rings (SSSR count). The van der Waals surface area contributed by atoms with E-state index in [9.17, 15) is 13.6 Å². The lowest BCUT2D eigenvalue weighted by atomic mass is 10.1. The van der Waals surface area contributed by atoms with Crippen LogP contribution in [0, 0.1) is 11.6 Å². The number of thiophene rings is 1. The molecule has 1 aromatic carbocycles. The molecule has 1 heterocycles. The summed E-state index contributed by atoms with van der Waals surface area (Å²) in [7, 11) is 0. The number of aryl methyl sites for hydroxylation is 1. The fraction of sp³-hybridized carbons (Fsp3) is 0.154. The molecule has 1 aromatic heterocycles. The normalized spacial score (nSPS) is 10.5. The molecule has 4 heteroatoms. The van der Waals surface area contributed by atoms with Gasteiger partial charge in [0.2, 0.25) is 5.78 Å². The van der Waals surface area contributed by atoms with Crippen LogP contribution >= 0.6 is 11.3 Å². The zero-order valence-corrected chi connectivity index (χ0v) is 9.98. The summed E-state index contributed by atoms with van der Waals surface area (Å²) in [5.74, 6) is -1.77. The predicted octanol–water partition coefficient (Wildman–Crippen LogP) is 3.82. The third kappa shape index (κ3) is 2.42. The minimum Gasteiger partial charge on any atom is -0.288 e. The highest BCUT2D eigenvalue weighted by Gasteiger charge is 2.16. The minimum absolute atomic E-state index is 0.213. The van der Waals surface area contributed by atoms with Crippen LogP contribution < -0.4 is 0 Å². The van der Waals surface area contributed by atoms with Crippen molar-refractivity contribution in [2.45, 2.75) is 13.3 Å². The molecule has 0 bridgehead atoms. The molecule has 0 unspecified atom stereocenters. The largest absolute Gasteiger partial charge is 0.288 e. The monoisotopic (exact) mass is 252 g/mol. The predicted molar refractivity (Wildman–Crippen MR) is 63.5 cm³/mol. The van der Waals surface area contributed by atoms with E-state index in [1.165, 1.54) is 11.3 Å². The average Bonchev–Trinajstić information content (AvgIpc) is 2.80. The first-order chi connectivity index (χ1) is 8.11. The number of carbonyl (C=O) groups excluding carboxylic acids is 1. The van der Waals surface area contributed by atoms with Crippen LogP contribution in [0.4, 0.5) is 8.78 Å². The van der Waals surface area contributed by atoms with Gasteiger partial charge in [-0.25, -0.2) is 8.78 Å². The van der Waals surface area contributed by atoms with Gasteiger partial charge < -0.3 is 0 Å². The molecule has 0 amide bonds. The molecule has 0 saturated heterocycles. The van der Waals surface area contributed by atoms with E-state index in [2.05, 4.69) is 0 Å². The van der Waals surface area contributed by atoms with Crippen molar-refractivity contribution in [3.8, 4) is 0 Å². The first-order valence-electron chi connectivity index (χ1n) is 5.20. The van der Waals surface area contributed by atoms with E-state index in [-0.39, 0.29) is 5.56 Å². The molecule has 0 aliphatic carbocycles. The molecule has 0 atom stereocenters. The summed E-state index contributed by atoms with van der Waals surface area (Å²) in [5.41, 5.74) is -0.213. The van der Waals surface area contributed by atoms with E-state index in [0.717, 1.165) is 29.5 Å². The standard InChI is InChI=1S/C13H10F2OS/c1-2-9-4-6-12(17-9)13(16)10-7-8(14)3-5-11(10)15/h3-7H,2H2,1H3. The van der Waals surface area contributed by atoms with Gasteiger partial charge in [0.05, 0.1) is 10.4 Å². The van der Waals surface area contributed by atoms with E-state index in [4.69, 9.17) is 0 Å². The Morgan fingerprint density at radius 1 is 1.24 bits per heavy atom. The van der Waals surface area contributed by atoms with Gasteiger partial charge >= 0.3 is 0 Å². The highest BCUT2D eigenvalue weighted by atomic mass is 32.1. The van der Waals surface area contributed by atoms with E-state index < -0.39 is 17.4 Å². The van der Waals surface area contributed by atoms with Crippen molar-refractivity contribution in [1.29, 1.82) is 0 Å². The van der Waals surface area contributed by atoms with Crippen LogP contribution in [0.15, 0.2) is 30.3 Å². The zero-order chi connectivity index (χ0) is 12.4. The number of halogens is 2. The molecule has 0 fully saturated rings. The fourth-order valence-corrected chi connectivity index (χ4v) is 2.40. The summed E-state index contributed by atoms with van der Waals surface area (Å²) in [6.07, 6.45) is 0.823. The number of hydrogen-bond donors (Lipinski definition) is 0. The molecule has 0 N–H and O–H groups in total. The van der Waals surface area contributed by atoms with Crippen molar-refractivity contribution in [2.24, 2.45) is 0 Å². The van der Waals surface area contributed by atoms with Crippen molar-refractivity contribution in [3.05, 3.63) is 57.3 Å². The lowest BCUT2D eigenvalue weighted by Gasteiger charge is -2.00. The summed E-state index contributed by atoms with van der Waals surface area (Å²) in [5, 5.41) is 0. The molecule has 0 radical (unpaired) electrons. The smallest absolute Gasteiger partial charge is 0.205 e. The molecular formula is C13H10F2OS. The van der Waals surface area contributed by atoms with Gasteiger partial charge in [0.15, 0.2) is 0 Å². The lowest BCUT2D eigenvalue weighted by Crippen LogP contribution is -2.02. The van der Waals surface area contributed by atoms with Gasteiger partial charge in [-0.05, 0) is 36.8 Å². The topological polar surface area (TPSA) is 17.1 Å². The van der Waals surface area contributed by atoms with Crippen LogP contribution in [-0.2, 0) is 6.42 Å². The summed E-state index contributed by atoms with van der Waals surface area (Å²) in [6, 6.07) is 6.38. The molecule has 17 heavy (non-hydrogen) atoms. The molecule has 88 valence electrons. The third-order valence-corrected chi connectivity index (χ3v) is 3.64. The van der Waals surface area contributed by atoms with Crippen LogP contribution in [0.1, 0.15) is 27.0 Å². The Kier molecular flexibility index (Phi) is 3.33. The SMILES string of the molecule is CCc1ccc(C(=O)c2cc(F)ccc2F)s1. The first-order valence-corrected chi connectivity index (χ1v) is 6.02. The van der Waals surface area contributed by atoms with Crippen LogP contribution in [0.5, 0.6) is 0 Å². The molecule has 0 aliphatic heterocycles. The van der Waals surface area contributed by atoms with Crippen LogP contribution in [-0.4, -0.2) is 5.78 Å². The fourth-order valence-electron chi connectivity index (χ4n) is 1.49. The molecule has 0 aliphatic rings. The minimum atomic E-state index is -0.692. The number of ketones is 1. The number of benzene rings is 1. The highest BCUT2D eigenvalue weighted by Crippen LogP contribution is 2.22. The van der Waals surface area contributed by atoms with Crippen LogP contribution in [0.3, 0.4) is 0 Å². The maximum Gasteiger partial charge on any atom is 0.205 e. The van der Waals surface area contributed by atoms with E-state index in [1.54, 1.807) is 6.07 Å². The van der Waals surface area contributed by atoms with Crippen molar-refractivity contribution in [1.82, 2.24) is 0 Å². The quantitative estimate of drug-likeness (QED) is 0.759. The molecule has 2 aromatic rings. The highest BCUT2D eigenvalue weighted by molar-refractivity contribution is 7.14. The van der Waals surface area contributed by atoms with Gasteiger partial charge in [-0.1, -0.05) is 6.92 Å². The Morgan fingerprint density at radius 3 is 2.65 bits per heavy atom. The Morgan fingerprint density at radius 2 is 2.00 bits per heavy atom. The Labute approximate surface area is 102 Å². The van der Waals surface area contributed by atoms with Gasteiger partial charge in [0.1, 0.15) is 11.6 Å². The second-order valence-electron chi connectivity index (χ2n) is 3.57. The van der Waals surface area contributed by atoms with Crippen molar-refractivity contribution >= 4 is 17.1 Å². The van der Waals surface area contributed by atoms with Gasteiger partial charge in [-0.3, -0.25) is 4.79 Å². The summed E-state index contributed by atoms with van der Waals surface area (Å²) < 4.78 is 26.4. The lowest BCUT2D eigenvalue weighted by molar-refractivity contribution is 0.103. The Balaban J connectivity index is 2.39. The molecule has 0 saturated carbocycles. The van der Waals surface area contributed by atoms with E-state index in [0.29, 0.717) is 4.88 Å². The third-order valence-electron chi connectivity index (χ3n) is 2.41. The second kappa shape index (κ2) is 4.75. The van der Waals surface area contributed by atoms with Gasteiger partial charge in [0, 0.05) is 4.88 Å².